The van der Waals surface area contributed by atoms with Crippen molar-refractivity contribution in [2.75, 3.05) is 6.54 Å². The molecule has 0 aliphatic rings. The second-order valence-corrected chi connectivity index (χ2v) is 4.94. The van der Waals surface area contributed by atoms with Gasteiger partial charge in [-0.15, -0.1) is 0 Å². The molecule has 1 aromatic heterocycles. The molecule has 0 unspecified atom stereocenters. The Morgan fingerprint density at radius 1 is 1.50 bits per heavy atom. The van der Waals surface area contributed by atoms with E-state index in [9.17, 15) is 4.79 Å². The van der Waals surface area contributed by atoms with E-state index in [-0.39, 0.29) is 17.9 Å². The molecule has 0 aromatic carbocycles. The van der Waals surface area contributed by atoms with Gasteiger partial charge in [0.15, 0.2) is 0 Å². The van der Waals surface area contributed by atoms with Crippen LogP contribution < -0.4 is 5.32 Å². The summed E-state index contributed by atoms with van der Waals surface area (Å²) < 4.78 is 0. The van der Waals surface area contributed by atoms with Gasteiger partial charge in [0.1, 0.15) is 0 Å². The van der Waals surface area contributed by atoms with Crippen molar-refractivity contribution >= 4 is 5.91 Å². The van der Waals surface area contributed by atoms with Crippen molar-refractivity contribution in [1.82, 2.24) is 10.3 Å². The molecule has 0 spiro atoms. The largest absolute Gasteiger partial charge is 0.390 e. The standard InChI is InChI=1S/C12H18N2O2/c1-12(2,3)8-14-11(16)9-4-5-13-10(6-9)7-15/h4-6,15H,7-8H2,1-3H3,(H,14,16). The SMILES string of the molecule is CC(C)(C)CNC(=O)c1ccnc(CO)c1. The lowest BCUT2D eigenvalue weighted by atomic mass is 9.97. The molecule has 4 heteroatoms. The zero-order chi connectivity index (χ0) is 12.2. The van der Waals surface area contributed by atoms with E-state index in [2.05, 4.69) is 31.1 Å². The third-order valence-corrected chi connectivity index (χ3v) is 2.02. The smallest absolute Gasteiger partial charge is 0.251 e. The molecule has 0 aliphatic carbocycles. The lowest BCUT2D eigenvalue weighted by molar-refractivity contribution is 0.0939. The Morgan fingerprint density at radius 3 is 2.75 bits per heavy atom. The average Bonchev–Trinajstić information content (AvgIpc) is 2.25. The number of aliphatic hydroxyl groups excluding tert-OH is 1. The Bertz CT molecular complexity index is 370. The van der Waals surface area contributed by atoms with Crippen LogP contribution in [0.2, 0.25) is 0 Å². The number of pyridine rings is 1. The molecule has 4 nitrogen and oxygen atoms in total. The van der Waals surface area contributed by atoms with E-state index in [4.69, 9.17) is 5.11 Å². The maximum absolute atomic E-state index is 11.7. The first-order valence-corrected chi connectivity index (χ1v) is 5.26. The van der Waals surface area contributed by atoms with Crippen LogP contribution in [-0.4, -0.2) is 22.5 Å². The summed E-state index contributed by atoms with van der Waals surface area (Å²) in [7, 11) is 0. The molecular formula is C12H18N2O2. The molecule has 1 heterocycles. The number of aliphatic hydroxyl groups is 1. The molecule has 1 rings (SSSR count). The Hall–Kier alpha value is -1.42. The molecule has 0 aliphatic heterocycles. The highest BCUT2D eigenvalue weighted by molar-refractivity contribution is 5.94. The zero-order valence-corrected chi connectivity index (χ0v) is 9.95. The number of nitrogens with one attached hydrogen (secondary N) is 1. The van der Waals surface area contributed by atoms with E-state index < -0.39 is 0 Å². The molecule has 1 aromatic rings. The molecule has 1 amide bonds. The summed E-state index contributed by atoms with van der Waals surface area (Å²) >= 11 is 0. The van der Waals surface area contributed by atoms with Crippen LogP contribution in [0.1, 0.15) is 36.8 Å². The van der Waals surface area contributed by atoms with Crippen LogP contribution in [0.15, 0.2) is 18.3 Å². The maximum Gasteiger partial charge on any atom is 0.251 e. The minimum Gasteiger partial charge on any atom is -0.390 e. The fraction of sp³-hybridized carbons (Fsp3) is 0.500. The van der Waals surface area contributed by atoms with Gasteiger partial charge in [-0.25, -0.2) is 0 Å². The van der Waals surface area contributed by atoms with Crippen molar-refractivity contribution in [3.63, 3.8) is 0 Å². The number of hydrogen-bond acceptors (Lipinski definition) is 3. The minimum atomic E-state index is -0.152. The highest BCUT2D eigenvalue weighted by Crippen LogP contribution is 2.11. The number of rotatable bonds is 3. The van der Waals surface area contributed by atoms with Crippen LogP contribution in [0.5, 0.6) is 0 Å². The topological polar surface area (TPSA) is 62.2 Å². The molecule has 88 valence electrons. The van der Waals surface area contributed by atoms with Crippen molar-refractivity contribution < 1.29 is 9.90 Å². The summed E-state index contributed by atoms with van der Waals surface area (Å²) in [5.74, 6) is -0.132. The fourth-order valence-corrected chi connectivity index (χ4v) is 1.15. The molecule has 0 atom stereocenters. The van der Waals surface area contributed by atoms with Crippen molar-refractivity contribution in [3.05, 3.63) is 29.6 Å². The van der Waals surface area contributed by atoms with E-state index in [1.807, 2.05) is 0 Å². The third-order valence-electron chi connectivity index (χ3n) is 2.02. The van der Waals surface area contributed by atoms with Gasteiger partial charge in [0, 0.05) is 18.3 Å². The first-order chi connectivity index (χ1) is 7.42. The lowest BCUT2D eigenvalue weighted by Gasteiger charge is -2.18. The minimum absolute atomic E-state index is 0.0580. The first kappa shape index (κ1) is 12.6. The summed E-state index contributed by atoms with van der Waals surface area (Å²) in [5, 5.41) is 11.8. The second-order valence-electron chi connectivity index (χ2n) is 4.94. The molecule has 16 heavy (non-hydrogen) atoms. The Balaban J connectivity index is 2.66. The highest BCUT2D eigenvalue weighted by atomic mass is 16.3. The van der Waals surface area contributed by atoms with Gasteiger partial charge in [0.05, 0.1) is 12.3 Å². The van der Waals surface area contributed by atoms with Gasteiger partial charge in [0.25, 0.3) is 5.91 Å². The van der Waals surface area contributed by atoms with Gasteiger partial charge in [-0.05, 0) is 17.5 Å². The van der Waals surface area contributed by atoms with Crippen molar-refractivity contribution in [2.45, 2.75) is 27.4 Å². The highest BCUT2D eigenvalue weighted by Gasteiger charge is 2.13. The maximum atomic E-state index is 11.7. The number of carbonyl (C=O) groups excluding carboxylic acids is 1. The van der Waals surface area contributed by atoms with E-state index in [1.165, 1.54) is 6.20 Å². The summed E-state index contributed by atoms with van der Waals surface area (Å²) in [6.07, 6.45) is 1.53. The lowest BCUT2D eigenvalue weighted by Crippen LogP contribution is -2.32. The van der Waals surface area contributed by atoms with Gasteiger partial charge in [0.2, 0.25) is 0 Å². The Labute approximate surface area is 95.7 Å². The number of carbonyl (C=O) groups is 1. The van der Waals surface area contributed by atoms with Gasteiger partial charge < -0.3 is 10.4 Å². The van der Waals surface area contributed by atoms with Crippen molar-refractivity contribution in [2.24, 2.45) is 5.41 Å². The summed E-state index contributed by atoms with van der Waals surface area (Å²) in [4.78, 5) is 15.7. The second kappa shape index (κ2) is 5.07. The van der Waals surface area contributed by atoms with E-state index in [0.29, 0.717) is 17.8 Å². The normalized spacial score (nSPS) is 11.2. The number of aromatic nitrogens is 1. The molecule has 2 N–H and O–H groups in total. The van der Waals surface area contributed by atoms with Gasteiger partial charge >= 0.3 is 0 Å². The van der Waals surface area contributed by atoms with Gasteiger partial charge in [-0.3, -0.25) is 9.78 Å². The molecule has 0 fully saturated rings. The Kier molecular flexibility index (Phi) is 4.01. The molecule has 0 saturated heterocycles. The van der Waals surface area contributed by atoms with Crippen LogP contribution in [0.25, 0.3) is 0 Å². The molecular weight excluding hydrogens is 204 g/mol. The predicted octanol–water partition coefficient (Wildman–Crippen LogP) is 1.35. The van der Waals surface area contributed by atoms with Crippen LogP contribution in [-0.2, 0) is 6.61 Å². The monoisotopic (exact) mass is 222 g/mol. The van der Waals surface area contributed by atoms with E-state index in [0.717, 1.165) is 0 Å². The van der Waals surface area contributed by atoms with Crippen molar-refractivity contribution in [3.8, 4) is 0 Å². The number of amides is 1. The summed E-state index contributed by atoms with van der Waals surface area (Å²) in [6.45, 7) is 6.62. The number of nitrogens with zero attached hydrogens (tertiary/aromatic N) is 1. The van der Waals surface area contributed by atoms with Crippen LogP contribution in [0, 0.1) is 5.41 Å². The first-order valence-electron chi connectivity index (χ1n) is 5.26. The van der Waals surface area contributed by atoms with E-state index in [1.54, 1.807) is 12.1 Å². The summed E-state index contributed by atoms with van der Waals surface area (Å²) in [5.41, 5.74) is 1.09. The average molecular weight is 222 g/mol. The molecule has 0 bridgehead atoms. The van der Waals surface area contributed by atoms with Crippen LogP contribution in [0.3, 0.4) is 0 Å². The van der Waals surface area contributed by atoms with E-state index >= 15 is 0 Å². The Morgan fingerprint density at radius 2 is 2.19 bits per heavy atom. The van der Waals surface area contributed by atoms with Crippen molar-refractivity contribution in [1.29, 1.82) is 0 Å². The fourth-order valence-electron chi connectivity index (χ4n) is 1.15. The van der Waals surface area contributed by atoms with Crippen LogP contribution in [0.4, 0.5) is 0 Å². The van der Waals surface area contributed by atoms with Gasteiger partial charge in [-0.1, -0.05) is 20.8 Å². The molecule has 0 radical (unpaired) electrons. The quantitative estimate of drug-likeness (QED) is 0.811. The number of hydrogen-bond donors (Lipinski definition) is 2. The predicted molar refractivity (Wildman–Crippen MR) is 61.9 cm³/mol. The zero-order valence-electron chi connectivity index (χ0n) is 9.95. The molecule has 0 saturated carbocycles. The van der Waals surface area contributed by atoms with Gasteiger partial charge in [-0.2, -0.15) is 0 Å². The van der Waals surface area contributed by atoms with Crippen LogP contribution >= 0.6 is 0 Å². The summed E-state index contributed by atoms with van der Waals surface area (Å²) in [6, 6.07) is 3.23. The third kappa shape index (κ3) is 3.98.